The average Bonchev–Trinajstić information content (AvgIpc) is 2.52. The Morgan fingerprint density at radius 3 is 2.14 bits per heavy atom. The average molecular weight is 311 g/mol. The van der Waals surface area contributed by atoms with Gasteiger partial charge in [0.1, 0.15) is 5.82 Å². The minimum Gasteiger partial charge on any atom is -0.372 e. The molecule has 0 fully saturated rings. The molecule has 0 amide bonds. The minimum absolute atomic E-state index is 0.0207. The zero-order valence-corrected chi connectivity index (χ0v) is 12.9. The van der Waals surface area contributed by atoms with Gasteiger partial charge in [-0.15, -0.1) is 0 Å². The van der Waals surface area contributed by atoms with E-state index < -0.39 is 17.5 Å². The van der Waals surface area contributed by atoms with E-state index in [2.05, 4.69) is 5.32 Å². The maximum atomic E-state index is 13.7. The maximum Gasteiger partial charge on any atom is 0.164 e. The van der Waals surface area contributed by atoms with Crippen LogP contribution in [0.4, 0.5) is 13.2 Å². The molecule has 0 saturated heterocycles. The fourth-order valence-electron chi connectivity index (χ4n) is 1.75. The van der Waals surface area contributed by atoms with Crippen LogP contribution in [0, 0.1) is 24.4 Å². The van der Waals surface area contributed by atoms with E-state index >= 15 is 0 Å². The van der Waals surface area contributed by atoms with E-state index in [9.17, 15) is 13.2 Å². The molecule has 22 heavy (non-hydrogen) atoms. The van der Waals surface area contributed by atoms with Crippen molar-refractivity contribution in [1.29, 1.82) is 0 Å². The van der Waals surface area contributed by atoms with Gasteiger partial charge in [0, 0.05) is 11.1 Å². The highest BCUT2D eigenvalue weighted by Gasteiger charge is 2.15. The Hall–Kier alpha value is -1.85. The van der Waals surface area contributed by atoms with Gasteiger partial charge in [-0.3, -0.25) is 0 Å². The third-order valence-electron chi connectivity index (χ3n) is 2.82. The predicted octanol–water partition coefficient (Wildman–Crippen LogP) is 3.96. The first-order valence-corrected chi connectivity index (χ1v) is 6.84. The Kier molecular flexibility index (Phi) is 7.63. The standard InChI is InChI=1S/C15H13F3O.C2H7N/c1-10-14(17)12(7-13(16)15(10)18)9-19-8-11-5-3-2-4-6-11;1-3-2/h2-7H,8-9H2,1H3;3H,1-2H3. The largest absolute Gasteiger partial charge is 0.372 e. The molecule has 0 aliphatic rings. The summed E-state index contributed by atoms with van der Waals surface area (Å²) in [6.07, 6.45) is 0. The summed E-state index contributed by atoms with van der Waals surface area (Å²) in [5.74, 6) is -2.96. The van der Waals surface area contributed by atoms with Crippen LogP contribution >= 0.6 is 0 Å². The second-order valence-corrected chi connectivity index (χ2v) is 4.75. The SMILES string of the molecule is CNC.Cc1c(F)c(F)cc(COCc2ccccc2)c1F. The predicted molar refractivity (Wildman–Crippen MR) is 81.0 cm³/mol. The van der Waals surface area contributed by atoms with Crippen LogP contribution in [0.5, 0.6) is 0 Å². The first-order chi connectivity index (χ1) is 10.5. The second kappa shape index (κ2) is 9.23. The molecule has 0 bridgehead atoms. The molecule has 1 N–H and O–H groups in total. The molecular formula is C17H20F3NO. The Balaban J connectivity index is 0.000000745. The van der Waals surface area contributed by atoms with Gasteiger partial charge < -0.3 is 10.1 Å². The van der Waals surface area contributed by atoms with E-state index in [0.717, 1.165) is 11.6 Å². The number of benzene rings is 2. The third-order valence-corrected chi connectivity index (χ3v) is 2.82. The normalized spacial score (nSPS) is 10.1. The molecule has 0 aromatic heterocycles. The Morgan fingerprint density at radius 2 is 1.55 bits per heavy atom. The highest BCUT2D eigenvalue weighted by atomic mass is 19.2. The van der Waals surface area contributed by atoms with Gasteiger partial charge in [-0.2, -0.15) is 0 Å². The smallest absolute Gasteiger partial charge is 0.164 e. The molecule has 2 nitrogen and oxygen atoms in total. The van der Waals surface area contributed by atoms with Crippen LogP contribution in [-0.4, -0.2) is 14.1 Å². The molecule has 0 radical (unpaired) electrons. The number of nitrogens with one attached hydrogen (secondary N) is 1. The summed E-state index contributed by atoms with van der Waals surface area (Å²) in [7, 11) is 3.75. The van der Waals surface area contributed by atoms with Crippen molar-refractivity contribution >= 4 is 0 Å². The van der Waals surface area contributed by atoms with Crippen molar-refractivity contribution in [3.05, 3.63) is 70.5 Å². The van der Waals surface area contributed by atoms with Crippen LogP contribution in [0.3, 0.4) is 0 Å². The van der Waals surface area contributed by atoms with Crippen molar-refractivity contribution in [2.45, 2.75) is 20.1 Å². The molecule has 0 unspecified atom stereocenters. The van der Waals surface area contributed by atoms with Crippen LogP contribution < -0.4 is 5.32 Å². The van der Waals surface area contributed by atoms with Crippen LogP contribution in [0.1, 0.15) is 16.7 Å². The number of halogens is 3. The quantitative estimate of drug-likeness (QED) is 0.863. The molecule has 0 heterocycles. The molecule has 0 atom stereocenters. The van der Waals surface area contributed by atoms with E-state index in [-0.39, 0.29) is 17.7 Å². The van der Waals surface area contributed by atoms with Crippen molar-refractivity contribution in [3.63, 3.8) is 0 Å². The summed E-state index contributed by atoms with van der Waals surface area (Å²) in [6.45, 7) is 1.39. The zero-order chi connectivity index (χ0) is 16.5. The number of ether oxygens (including phenoxy) is 1. The fraction of sp³-hybridized carbons (Fsp3) is 0.294. The van der Waals surface area contributed by atoms with Gasteiger partial charge >= 0.3 is 0 Å². The summed E-state index contributed by atoms with van der Waals surface area (Å²) < 4.78 is 45.3. The van der Waals surface area contributed by atoms with Crippen molar-refractivity contribution in [2.24, 2.45) is 0 Å². The van der Waals surface area contributed by atoms with Gasteiger partial charge in [0.2, 0.25) is 0 Å². The molecule has 2 aromatic carbocycles. The first-order valence-electron chi connectivity index (χ1n) is 6.84. The highest BCUT2D eigenvalue weighted by molar-refractivity contribution is 5.27. The van der Waals surface area contributed by atoms with Crippen molar-refractivity contribution < 1.29 is 17.9 Å². The summed E-state index contributed by atoms with van der Waals surface area (Å²) >= 11 is 0. The highest BCUT2D eigenvalue weighted by Crippen LogP contribution is 2.20. The third kappa shape index (κ3) is 5.16. The molecule has 2 aromatic rings. The lowest BCUT2D eigenvalue weighted by Gasteiger charge is -2.09. The molecule has 0 saturated carbocycles. The topological polar surface area (TPSA) is 21.3 Å². The maximum absolute atomic E-state index is 13.7. The first kappa shape index (κ1) is 18.2. The van der Waals surface area contributed by atoms with Crippen molar-refractivity contribution in [3.8, 4) is 0 Å². The van der Waals surface area contributed by atoms with Crippen molar-refractivity contribution in [2.75, 3.05) is 14.1 Å². The van der Waals surface area contributed by atoms with E-state index in [1.165, 1.54) is 6.92 Å². The number of hydrogen-bond acceptors (Lipinski definition) is 2. The minimum atomic E-state index is -1.15. The van der Waals surface area contributed by atoms with Gasteiger partial charge in [0.15, 0.2) is 11.6 Å². The van der Waals surface area contributed by atoms with Crippen LogP contribution in [0.15, 0.2) is 36.4 Å². The lowest BCUT2D eigenvalue weighted by Crippen LogP contribution is -2.03. The lowest BCUT2D eigenvalue weighted by atomic mass is 10.1. The monoisotopic (exact) mass is 311 g/mol. The fourth-order valence-corrected chi connectivity index (χ4v) is 1.75. The Labute approximate surface area is 128 Å². The van der Waals surface area contributed by atoms with E-state index in [0.29, 0.717) is 6.61 Å². The molecule has 0 aliphatic heterocycles. The van der Waals surface area contributed by atoms with E-state index in [1.54, 1.807) is 0 Å². The molecule has 2 rings (SSSR count). The summed E-state index contributed by atoms with van der Waals surface area (Å²) in [5, 5.41) is 2.75. The lowest BCUT2D eigenvalue weighted by molar-refractivity contribution is 0.104. The Morgan fingerprint density at radius 1 is 0.955 bits per heavy atom. The summed E-state index contributed by atoms with van der Waals surface area (Å²) in [6, 6.07) is 10.2. The van der Waals surface area contributed by atoms with E-state index in [4.69, 9.17) is 4.74 Å². The van der Waals surface area contributed by atoms with Gasteiger partial charge in [0.05, 0.1) is 13.2 Å². The second-order valence-electron chi connectivity index (χ2n) is 4.75. The molecule has 0 aliphatic carbocycles. The number of rotatable bonds is 4. The van der Waals surface area contributed by atoms with Crippen LogP contribution in [0.25, 0.3) is 0 Å². The Bertz CT molecular complexity index is 588. The van der Waals surface area contributed by atoms with Crippen LogP contribution in [-0.2, 0) is 18.0 Å². The van der Waals surface area contributed by atoms with Gasteiger partial charge in [-0.05, 0) is 32.6 Å². The van der Waals surface area contributed by atoms with E-state index in [1.807, 2.05) is 44.4 Å². The van der Waals surface area contributed by atoms with Gasteiger partial charge in [-0.1, -0.05) is 30.3 Å². The van der Waals surface area contributed by atoms with Gasteiger partial charge in [-0.25, -0.2) is 13.2 Å². The number of hydrogen-bond donors (Lipinski definition) is 1. The molecule has 120 valence electrons. The van der Waals surface area contributed by atoms with Crippen molar-refractivity contribution in [1.82, 2.24) is 5.32 Å². The molecular weight excluding hydrogens is 291 g/mol. The van der Waals surface area contributed by atoms with Crippen LogP contribution in [0.2, 0.25) is 0 Å². The molecule has 5 heteroatoms. The summed E-state index contributed by atoms with van der Waals surface area (Å²) in [5.41, 5.74) is 0.632. The molecule has 0 spiro atoms. The zero-order valence-electron chi connectivity index (χ0n) is 12.9. The van der Waals surface area contributed by atoms with Gasteiger partial charge in [0.25, 0.3) is 0 Å². The summed E-state index contributed by atoms with van der Waals surface area (Å²) in [4.78, 5) is 0.